The first-order chi connectivity index (χ1) is 8.52. The molecule has 19 heavy (non-hydrogen) atoms. The Balaban J connectivity index is 0.00000180. The molecule has 0 radical (unpaired) electrons. The summed E-state index contributed by atoms with van der Waals surface area (Å²) in [5.74, 6) is -1.38. The molecule has 1 aromatic carbocycles. The Morgan fingerprint density at radius 2 is 1.79 bits per heavy atom. The van der Waals surface area contributed by atoms with Gasteiger partial charge in [-0.15, -0.1) is 0 Å². The van der Waals surface area contributed by atoms with Crippen molar-refractivity contribution in [1.29, 1.82) is 0 Å². The maximum atomic E-state index is 11.9. The number of hydrogen-bond acceptors (Lipinski definition) is 3. The van der Waals surface area contributed by atoms with E-state index in [0.29, 0.717) is 5.69 Å². The minimum atomic E-state index is -1.38. The Kier molecular flexibility index (Phi) is 4.41. The standard InChI is InChI=1S/C11H7BrN2O4.H2O/c12-7-8(10(16)17)13-11(18)14(9(7)15)6-4-2-1-3-5-6;/h1-5H,(H,13,18)(H,16,17);1H2. The van der Waals surface area contributed by atoms with Crippen molar-refractivity contribution >= 4 is 21.9 Å². The van der Waals surface area contributed by atoms with E-state index in [9.17, 15) is 14.4 Å². The number of aromatic amines is 1. The van der Waals surface area contributed by atoms with Crippen LogP contribution in [0.2, 0.25) is 0 Å². The number of carboxylic acids is 1. The smallest absolute Gasteiger partial charge is 0.353 e. The summed E-state index contributed by atoms with van der Waals surface area (Å²) in [4.78, 5) is 36.7. The number of nitrogens with zero attached hydrogens (tertiary/aromatic N) is 1. The van der Waals surface area contributed by atoms with Crippen molar-refractivity contribution in [2.75, 3.05) is 0 Å². The van der Waals surface area contributed by atoms with Gasteiger partial charge in [-0.1, -0.05) is 18.2 Å². The number of nitrogens with one attached hydrogen (secondary N) is 1. The number of rotatable bonds is 2. The first-order valence-corrected chi connectivity index (χ1v) is 5.65. The predicted octanol–water partition coefficient (Wildman–Crippen LogP) is 0.162. The third-order valence-electron chi connectivity index (χ3n) is 2.27. The number of halogens is 1. The molecule has 0 aliphatic rings. The van der Waals surface area contributed by atoms with E-state index < -0.39 is 22.9 Å². The zero-order chi connectivity index (χ0) is 13.3. The highest BCUT2D eigenvalue weighted by atomic mass is 79.9. The fourth-order valence-electron chi connectivity index (χ4n) is 1.47. The highest BCUT2D eigenvalue weighted by Crippen LogP contribution is 2.09. The number of carboxylic acid groups (broad SMARTS) is 1. The summed E-state index contributed by atoms with van der Waals surface area (Å²) in [5, 5.41) is 8.83. The van der Waals surface area contributed by atoms with Gasteiger partial charge in [-0.05, 0) is 28.1 Å². The Morgan fingerprint density at radius 3 is 2.32 bits per heavy atom. The molecule has 0 aliphatic carbocycles. The maximum absolute atomic E-state index is 11.9. The molecule has 0 bridgehead atoms. The quantitative estimate of drug-likeness (QED) is 0.814. The van der Waals surface area contributed by atoms with E-state index in [1.54, 1.807) is 30.3 Å². The average Bonchev–Trinajstić information content (AvgIpc) is 2.35. The van der Waals surface area contributed by atoms with Gasteiger partial charge in [0.1, 0.15) is 10.2 Å². The second-order valence-corrected chi connectivity index (χ2v) is 4.19. The van der Waals surface area contributed by atoms with Gasteiger partial charge in [0.2, 0.25) is 0 Å². The molecule has 1 heterocycles. The van der Waals surface area contributed by atoms with Crippen molar-refractivity contribution in [1.82, 2.24) is 9.55 Å². The molecule has 0 fully saturated rings. The van der Waals surface area contributed by atoms with Crippen molar-refractivity contribution in [3.8, 4) is 5.69 Å². The zero-order valence-electron chi connectivity index (χ0n) is 9.38. The van der Waals surface area contributed by atoms with Crippen LogP contribution in [0.15, 0.2) is 44.4 Å². The van der Waals surface area contributed by atoms with Crippen LogP contribution in [0, 0.1) is 0 Å². The molecule has 4 N–H and O–H groups in total. The van der Waals surface area contributed by atoms with Crippen LogP contribution in [-0.2, 0) is 0 Å². The van der Waals surface area contributed by atoms with Crippen LogP contribution in [0.5, 0.6) is 0 Å². The molecule has 0 atom stereocenters. The largest absolute Gasteiger partial charge is 0.477 e. The number of para-hydroxylation sites is 1. The van der Waals surface area contributed by atoms with E-state index in [0.717, 1.165) is 4.57 Å². The third kappa shape index (κ3) is 2.64. The van der Waals surface area contributed by atoms with Gasteiger partial charge in [-0.3, -0.25) is 9.78 Å². The summed E-state index contributed by atoms with van der Waals surface area (Å²) in [6.07, 6.45) is 0. The number of H-pyrrole nitrogens is 1. The van der Waals surface area contributed by atoms with Crippen LogP contribution in [0.4, 0.5) is 0 Å². The second-order valence-electron chi connectivity index (χ2n) is 3.40. The average molecular weight is 329 g/mol. The number of benzene rings is 1. The lowest BCUT2D eigenvalue weighted by Gasteiger charge is -2.06. The molecular weight excluding hydrogens is 320 g/mol. The maximum Gasteiger partial charge on any atom is 0.353 e. The van der Waals surface area contributed by atoms with E-state index in [1.165, 1.54) is 0 Å². The van der Waals surface area contributed by atoms with Gasteiger partial charge in [0.15, 0.2) is 0 Å². The molecule has 0 saturated heterocycles. The molecule has 2 rings (SSSR count). The molecule has 100 valence electrons. The van der Waals surface area contributed by atoms with Crippen molar-refractivity contribution in [2.24, 2.45) is 0 Å². The summed E-state index contributed by atoms with van der Waals surface area (Å²) in [5.41, 5.74) is -1.62. The Labute approximate surface area is 114 Å². The molecule has 0 spiro atoms. The van der Waals surface area contributed by atoms with Crippen molar-refractivity contribution < 1.29 is 15.4 Å². The minimum absolute atomic E-state index is 0. The first-order valence-electron chi connectivity index (χ1n) is 4.86. The van der Waals surface area contributed by atoms with E-state index in [4.69, 9.17) is 5.11 Å². The molecule has 0 aliphatic heterocycles. The van der Waals surface area contributed by atoms with Crippen LogP contribution >= 0.6 is 15.9 Å². The first kappa shape index (κ1) is 14.9. The van der Waals surface area contributed by atoms with Crippen molar-refractivity contribution in [2.45, 2.75) is 0 Å². The summed E-state index contributed by atoms with van der Waals surface area (Å²) in [6, 6.07) is 8.22. The van der Waals surface area contributed by atoms with Gasteiger partial charge in [-0.2, -0.15) is 0 Å². The van der Waals surface area contributed by atoms with E-state index in [-0.39, 0.29) is 9.95 Å². The topological polar surface area (TPSA) is 124 Å². The van der Waals surface area contributed by atoms with Crippen molar-refractivity contribution in [3.63, 3.8) is 0 Å². The highest BCUT2D eigenvalue weighted by molar-refractivity contribution is 9.10. The molecule has 0 amide bonds. The lowest BCUT2D eigenvalue weighted by Crippen LogP contribution is -2.36. The summed E-state index contributed by atoms with van der Waals surface area (Å²) >= 11 is 2.88. The normalized spacial score (nSPS) is 9.74. The van der Waals surface area contributed by atoms with E-state index in [2.05, 4.69) is 20.9 Å². The Morgan fingerprint density at radius 1 is 1.21 bits per heavy atom. The monoisotopic (exact) mass is 328 g/mol. The van der Waals surface area contributed by atoms with Crippen LogP contribution in [-0.4, -0.2) is 26.1 Å². The summed E-state index contributed by atoms with van der Waals surface area (Å²) in [7, 11) is 0. The molecule has 7 nitrogen and oxygen atoms in total. The van der Waals surface area contributed by atoms with Gasteiger partial charge in [0.25, 0.3) is 5.56 Å². The Hall–Kier alpha value is -2.19. The fraction of sp³-hybridized carbons (Fsp3) is 0. The Bertz CT molecular complexity index is 720. The lowest BCUT2D eigenvalue weighted by atomic mass is 10.3. The lowest BCUT2D eigenvalue weighted by molar-refractivity contribution is 0.0688. The number of hydrogen-bond donors (Lipinski definition) is 2. The van der Waals surface area contributed by atoms with E-state index >= 15 is 0 Å². The van der Waals surface area contributed by atoms with Gasteiger partial charge in [0, 0.05) is 0 Å². The fourth-order valence-corrected chi connectivity index (χ4v) is 1.92. The summed E-state index contributed by atoms with van der Waals surface area (Å²) in [6.45, 7) is 0. The third-order valence-corrected chi connectivity index (χ3v) is 3.01. The number of carbonyl (C=O) groups is 1. The van der Waals surface area contributed by atoms with Gasteiger partial charge in [0.05, 0.1) is 5.69 Å². The molecule has 2 aromatic rings. The molecular formula is C11H9BrN2O5. The van der Waals surface area contributed by atoms with Crippen LogP contribution in [0.1, 0.15) is 10.5 Å². The second kappa shape index (κ2) is 5.63. The molecule has 0 unspecified atom stereocenters. The minimum Gasteiger partial charge on any atom is -0.477 e. The van der Waals surface area contributed by atoms with Crippen LogP contribution in [0.3, 0.4) is 0 Å². The number of aromatic nitrogens is 2. The van der Waals surface area contributed by atoms with Crippen LogP contribution < -0.4 is 11.2 Å². The molecule has 0 saturated carbocycles. The van der Waals surface area contributed by atoms with Crippen molar-refractivity contribution in [3.05, 3.63) is 61.3 Å². The summed E-state index contributed by atoms with van der Waals surface area (Å²) < 4.78 is 0.662. The molecule has 8 heteroatoms. The van der Waals surface area contributed by atoms with Crippen LogP contribution in [0.25, 0.3) is 5.69 Å². The zero-order valence-corrected chi connectivity index (χ0v) is 11.0. The number of aromatic carboxylic acids is 1. The van der Waals surface area contributed by atoms with E-state index in [1.807, 2.05) is 0 Å². The SMILES string of the molecule is O.O=C(O)c1[nH]c(=O)n(-c2ccccc2)c(=O)c1Br. The predicted molar refractivity (Wildman–Crippen MR) is 70.9 cm³/mol. The van der Waals surface area contributed by atoms with Gasteiger partial charge >= 0.3 is 11.7 Å². The van der Waals surface area contributed by atoms with Gasteiger partial charge < -0.3 is 10.6 Å². The highest BCUT2D eigenvalue weighted by Gasteiger charge is 2.17. The van der Waals surface area contributed by atoms with Gasteiger partial charge in [-0.25, -0.2) is 14.2 Å². The molecule has 1 aromatic heterocycles.